The fourth-order valence-electron chi connectivity index (χ4n) is 2.34. The number of aliphatic hydroxyl groups is 1. The molecule has 1 aliphatic heterocycles. The van der Waals surface area contributed by atoms with Crippen LogP contribution in [-0.2, 0) is 11.2 Å². The van der Waals surface area contributed by atoms with Crippen LogP contribution < -0.4 is 5.73 Å². The third kappa shape index (κ3) is 4.02. The third-order valence-corrected chi connectivity index (χ3v) is 3.31. The highest BCUT2D eigenvalue weighted by Gasteiger charge is 2.17. The van der Waals surface area contributed by atoms with E-state index in [2.05, 4.69) is 4.90 Å². The van der Waals surface area contributed by atoms with Crippen LogP contribution in [0.25, 0.3) is 0 Å². The van der Waals surface area contributed by atoms with E-state index in [1.165, 1.54) is 0 Å². The average Bonchev–Trinajstić information content (AvgIpc) is 2.40. The summed E-state index contributed by atoms with van der Waals surface area (Å²) in [7, 11) is 0. The van der Waals surface area contributed by atoms with E-state index in [9.17, 15) is 9.90 Å². The number of primary amides is 1. The van der Waals surface area contributed by atoms with Gasteiger partial charge in [-0.1, -0.05) is 18.2 Å². The Kier molecular flexibility index (Phi) is 4.90. The number of morpholine rings is 1. The number of carbonyl (C=O) groups is 1. The fraction of sp³-hybridized carbons (Fsp3) is 0.500. The molecule has 0 aromatic heterocycles. The van der Waals surface area contributed by atoms with Gasteiger partial charge in [-0.2, -0.15) is 0 Å². The van der Waals surface area contributed by atoms with E-state index in [1.54, 1.807) is 12.1 Å². The van der Waals surface area contributed by atoms with Crippen molar-refractivity contribution in [1.29, 1.82) is 0 Å². The molecular formula is C14H20N2O3. The Morgan fingerprint density at radius 3 is 2.74 bits per heavy atom. The summed E-state index contributed by atoms with van der Waals surface area (Å²) in [6.45, 7) is 3.70. The molecule has 5 nitrogen and oxygen atoms in total. The fourth-order valence-corrected chi connectivity index (χ4v) is 2.34. The predicted octanol–water partition coefficient (Wildman–Crippen LogP) is 0.0211. The van der Waals surface area contributed by atoms with Gasteiger partial charge in [-0.05, 0) is 11.6 Å². The maximum absolute atomic E-state index is 11.3. The number of ether oxygens (including phenoxy) is 1. The van der Waals surface area contributed by atoms with Gasteiger partial charge < -0.3 is 15.6 Å². The lowest BCUT2D eigenvalue weighted by molar-refractivity contribution is 0.0149. The van der Waals surface area contributed by atoms with E-state index in [0.29, 0.717) is 31.7 Å². The van der Waals surface area contributed by atoms with Crippen molar-refractivity contribution in [3.05, 3.63) is 35.4 Å². The van der Waals surface area contributed by atoms with E-state index >= 15 is 0 Å². The zero-order valence-electron chi connectivity index (χ0n) is 10.9. The van der Waals surface area contributed by atoms with Crippen LogP contribution in [0.5, 0.6) is 0 Å². The number of amides is 1. The van der Waals surface area contributed by atoms with E-state index in [0.717, 1.165) is 18.7 Å². The molecule has 3 N–H and O–H groups in total. The second-order valence-corrected chi connectivity index (χ2v) is 4.79. The molecule has 1 atom stereocenters. The zero-order chi connectivity index (χ0) is 13.7. The molecule has 0 aliphatic carbocycles. The Labute approximate surface area is 113 Å². The van der Waals surface area contributed by atoms with Crippen molar-refractivity contribution in [3.8, 4) is 0 Å². The molecule has 104 valence electrons. The van der Waals surface area contributed by atoms with Crippen molar-refractivity contribution in [2.75, 3.05) is 32.8 Å². The van der Waals surface area contributed by atoms with Crippen LogP contribution in [0.4, 0.5) is 0 Å². The molecule has 0 saturated carbocycles. The predicted molar refractivity (Wildman–Crippen MR) is 71.9 cm³/mol. The Hall–Kier alpha value is -1.43. The van der Waals surface area contributed by atoms with Crippen molar-refractivity contribution in [2.24, 2.45) is 5.73 Å². The molecule has 0 bridgehead atoms. The first-order valence-electron chi connectivity index (χ1n) is 6.52. The van der Waals surface area contributed by atoms with Crippen molar-refractivity contribution >= 4 is 5.91 Å². The molecule has 19 heavy (non-hydrogen) atoms. The van der Waals surface area contributed by atoms with Crippen LogP contribution in [-0.4, -0.2) is 54.9 Å². The Morgan fingerprint density at radius 2 is 2.05 bits per heavy atom. The minimum absolute atomic E-state index is 0.441. The Bertz CT molecular complexity index is 430. The number of rotatable bonds is 5. The molecule has 1 heterocycles. The molecule has 2 rings (SSSR count). The van der Waals surface area contributed by atoms with Gasteiger partial charge in [0.15, 0.2) is 0 Å². The van der Waals surface area contributed by atoms with E-state index in [1.807, 2.05) is 12.1 Å². The number of hydrogen-bond acceptors (Lipinski definition) is 4. The highest BCUT2D eigenvalue weighted by atomic mass is 16.5. The van der Waals surface area contributed by atoms with Crippen molar-refractivity contribution in [1.82, 2.24) is 4.90 Å². The molecule has 0 spiro atoms. The normalized spacial score (nSPS) is 18.2. The highest BCUT2D eigenvalue weighted by molar-refractivity contribution is 5.94. The van der Waals surface area contributed by atoms with Gasteiger partial charge in [0.2, 0.25) is 5.91 Å². The summed E-state index contributed by atoms with van der Waals surface area (Å²) < 4.78 is 5.27. The largest absolute Gasteiger partial charge is 0.391 e. The Morgan fingerprint density at radius 1 is 1.37 bits per heavy atom. The smallest absolute Gasteiger partial charge is 0.248 e. The van der Waals surface area contributed by atoms with Crippen LogP contribution >= 0.6 is 0 Å². The number of aliphatic hydroxyl groups excluding tert-OH is 1. The number of benzene rings is 1. The van der Waals surface area contributed by atoms with Crippen LogP contribution in [0.15, 0.2) is 24.3 Å². The minimum atomic E-state index is -0.501. The third-order valence-electron chi connectivity index (χ3n) is 3.31. The quantitative estimate of drug-likeness (QED) is 0.786. The summed E-state index contributed by atoms with van der Waals surface area (Å²) in [4.78, 5) is 13.5. The summed E-state index contributed by atoms with van der Waals surface area (Å²) >= 11 is 0. The minimum Gasteiger partial charge on any atom is -0.391 e. The lowest BCUT2D eigenvalue weighted by Gasteiger charge is -2.28. The van der Waals surface area contributed by atoms with Gasteiger partial charge in [-0.3, -0.25) is 9.69 Å². The molecular weight excluding hydrogens is 244 g/mol. The molecule has 1 fully saturated rings. The van der Waals surface area contributed by atoms with Crippen molar-refractivity contribution in [2.45, 2.75) is 12.5 Å². The van der Waals surface area contributed by atoms with Gasteiger partial charge in [-0.15, -0.1) is 0 Å². The maximum Gasteiger partial charge on any atom is 0.248 e. The number of carbonyl (C=O) groups excluding carboxylic acids is 1. The monoisotopic (exact) mass is 264 g/mol. The Balaban J connectivity index is 1.94. The molecule has 5 heteroatoms. The van der Waals surface area contributed by atoms with Crippen LogP contribution in [0.3, 0.4) is 0 Å². The van der Waals surface area contributed by atoms with Crippen LogP contribution in [0.1, 0.15) is 15.9 Å². The summed E-state index contributed by atoms with van der Waals surface area (Å²) in [6.07, 6.45) is -0.0604. The standard InChI is InChI=1S/C14H20N2O3/c15-14(18)13-4-2-1-3-11(13)9-12(17)10-16-5-7-19-8-6-16/h1-4,12,17H,5-10H2,(H2,15,18)/t12-/m1/s1. The second-order valence-electron chi connectivity index (χ2n) is 4.79. The summed E-state index contributed by atoms with van der Waals surface area (Å²) in [5.41, 5.74) is 6.62. The lowest BCUT2D eigenvalue weighted by atomic mass is 10.0. The first-order valence-corrected chi connectivity index (χ1v) is 6.52. The number of hydrogen-bond donors (Lipinski definition) is 2. The molecule has 1 saturated heterocycles. The first-order chi connectivity index (χ1) is 9.16. The molecule has 1 amide bonds. The summed E-state index contributed by atoms with van der Waals surface area (Å²) in [5.74, 6) is -0.450. The lowest BCUT2D eigenvalue weighted by Crippen LogP contribution is -2.41. The van der Waals surface area contributed by atoms with Gasteiger partial charge in [0, 0.05) is 31.6 Å². The van der Waals surface area contributed by atoms with Gasteiger partial charge >= 0.3 is 0 Å². The second kappa shape index (κ2) is 6.65. The van der Waals surface area contributed by atoms with Crippen molar-refractivity contribution in [3.63, 3.8) is 0 Å². The van der Waals surface area contributed by atoms with Gasteiger partial charge in [0.25, 0.3) is 0 Å². The summed E-state index contributed by atoms with van der Waals surface area (Å²) in [6, 6.07) is 7.16. The molecule has 1 aromatic carbocycles. The summed E-state index contributed by atoms with van der Waals surface area (Å²) in [5, 5.41) is 10.1. The average molecular weight is 264 g/mol. The van der Waals surface area contributed by atoms with Gasteiger partial charge in [0.05, 0.1) is 19.3 Å². The van der Waals surface area contributed by atoms with Gasteiger partial charge in [0.1, 0.15) is 0 Å². The topological polar surface area (TPSA) is 75.8 Å². The molecule has 0 radical (unpaired) electrons. The van der Waals surface area contributed by atoms with Crippen LogP contribution in [0.2, 0.25) is 0 Å². The maximum atomic E-state index is 11.3. The molecule has 0 unspecified atom stereocenters. The van der Waals surface area contributed by atoms with E-state index in [4.69, 9.17) is 10.5 Å². The van der Waals surface area contributed by atoms with E-state index in [-0.39, 0.29) is 0 Å². The zero-order valence-corrected chi connectivity index (χ0v) is 10.9. The van der Waals surface area contributed by atoms with Gasteiger partial charge in [-0.25, -0.2) is 0 Å². The SMILES string of the molecule is NC(=O)c1ccccc1C[C@@H](O)CN1CCOCC1. The first kappa shape index (κ1) is 14.0. The molecule has 1 aromatic rings. The number of nitrogens with two attached hydrogens (primary N) is 1. The van der Waals surface area contributed by atoms with E-state index < -0.39 is 12.0 Å². The number of nitrogens with zero attached hydrogens (tertiary/aromatic N) is 1. The highest BCUT2D eigenvalue weighted by Crippen LogP contribution is 2.12. The van der Waals surface area contributed by atoms with Crippen molar-refractivity contribution < 1.29 is 14.6 Å². The molecule has 1 aliphatic rings. The number of β-amino-alcohol motifs (C(OH)–C–C–N with tert-alkyl or cyclic N) is 1. The van der Waals surface area contributed by atoms with Crippen LogP contribution in [0, 0.1) is 0 Å².